The summed E-state index contributed by atoms with van der Waals surface area (Å²) in [6.45, 7) is 0.909. The SMILES string of the molecule is O=C(CCN1CCSC1=O)Nc1ccc(S(=O)(=O)C(F)F)cc1. The Hall–Kier alpha value is -1.68. The molecule has 1 aromatic rings. The highest BCUT2D eigenvalue weighted by molar-refractivity contribution is 8.13. The molecule has 1 heterocycles. The molecule has 2 amide bonds. The Morgan fingerprint density at radius 1 is 1.30 bits per heavy atom. The molecule has 0 saturated carbocycles. The van der Waals surface area contributed by atoms with Crippen molar-refractivity contribution in [2.24, 2.45) is 0 Å². The van der Waals surface area contributed by atoms with Crippen LogP contribution in [0, 0.1) is 0 Å². The van der Waals surface area contributed by atoms with Crippen molar-refractivity contribution in [3.8, 4) is 0 Å². The summed E-state index contributed by atoms with van der Waals surface area (Å²) in [5, 5.41) is 2.47. The van der Waals surface area contributed by atoms with Crippen LogP contribution in [-0.2, 0) is 14.6 Å². The van der Waals surface area contributed by atoms with Crippen LogP contribution >= 0.6 is 11.8 Å². The first-order valence-electron chi connectivity index (χ1n) is 6.64. The Balaban J connectivity index is 1.90. The zero-order valence-electron chi connectivity index (χ0n) is 11.9. The fourth-order valence-corrected chi connectivity index (χ4v) is 3.49. The number of anilines is 1. The number of nitrogens with one attached hydrogen (secondary N) is 1. The number of rotatable bonds is 6. The van der Waals surface area contributed by atoms with Crippen molar-refractivity contribution in [1.82, 2.24) is 4.90 Å². The second-order valence-corrected chi connectivity index (χ2v) is 7.69. The van der Waals surface area contributed by atoms with E-state index in [1.165, 1.54) is 23.9 Å². The number of hydrogen-bond acceptors (Lipinski definition) is 5. The lowest BCUT2D eigenvalue weighted by atomic mass is 10.3. The predicted octanol–water partition coefficient (Wildman–Crippen LogP) is 2.18. The Morgan fingerprint density at radius 3 is 2.48 bits per heavy atom. The van der Waals surface area contributed by atoms with E-state index in [-0.39, 0.29) is 17.6 Å². The summed E-state index contributed by atoms with van der Waals surface area (Å²) >= 11 is 1.20. The molecule has 1 saturated heterocycles. The van der Waals surface area contributed by atoms with Crippen LogP contribution < -0.4 is 5.32 Å². The molecule has 2 rings (SSSR count). The third-order valence-corrected chi connectivity index (χ3v) is 5.45. The monoisotopic (exact) mass is 364 g/mol. The fourth-order valence-electron chi connectivity index (χ4n) is 1.92. The number of nitrogens with zero attached hydrogens (tertiary/aromatic N) is 1. The Kier molecular flexibility index (Phi) is 5.58. The summed E-state index contributed by atoms with van der Waals surface area (Å²) in [6.07, 6.45) is 0.101. The van der Waals surface area contributed by atoms with E-state index in [1.54, 1.807) is 4.90 Å². The van der Waals surface area contributed by atoms with Crippen LogP contribution in [0.25, 0.3) is 0 Å². The lowest BCUT2D eigenvalue weighted by molar-refractivity contribution is -0.116. The minimum absolute atomic E-state index is 0.0561. The van der Waals surface area contributed by atoms with E-state index in [0.29, 0.717) is 24.5 Å². The van der Waals surface area contributed by atoms with Crippen molar-refractivity contribution < 1.29 is 26.8 Å². The van der Waals surface area contributed by atoms with Gasteiger partial charge in [0.2, 0.25) is 15.7 Å². The molecule has 0 spiro atoms. The van der Waals surface area contributed by atoms with Crippen molar-refractivity contribution in [1.29, 1.82) is 0 Å². The van der Waals surface area contributed by atoms with Gasteiger partial charge in [0.1, 0.15) is 0 Å². The summed E-state index contributed by atoms with van der Waals surface area (Å²) in [6, 6.07) is 4.50. The van der Waals surface area contributed by atoms with Gasteiger partial charge in [-0.1, -0.05) is 11.8 Å². The standard InChI is InChI=1S/C13H14F2N2O4S2/c14-12(15)23(20,21)10-3-1-9(2-4-10)16-11(18)5-6-17-7-8-22-13(17)19/h1-4,12H,5-8H2,(H,16,18). The van der Waals surface area contributed by atoms with E-state index in [4.69, 9.17) is 0 Å². The number of halogens is 2. The molecule has 10 heteroatoms. The average Bonchev–Trinajstić information content (AvgIpc) is 2.91. The van der Waals surface area contributed by atoms with Crippen molar-refractivity contribution in [3.63, 3.8) is 0 Å². The van der Waals surface area contributed by atoms with Crippen molar-refractivity contribution >= 4 is 38.4 Å². The molecule has 0 aromatic heterocycles. The summed E-state index contributed by atoms with van der Waals surface area (Å²) in [5.41, 5.74) is 0.297. The Morgan fingerprint density at radius 2 is 1.96 bits per heavy atom. The summed E-state index contributed by atoms with van der Waals surface area (Å²) in [7, 11) is -4.64. The van der Waals surface area contributed by atoms with Gasteiger partial charge >= 0.3 is 5.76 Å². The number of carbonyl (C=O) groups is 2. The van der Waals surface area contributed by atoms with E-state index in [0.717, 1.165) is 12.1 Å². The molecule has 0 bridgehead atoms. The van der Waals surface area contributed by atoms with Crippen molar-refractivity contribution in [2.75, 3.05) is 24.2 Å². The van der Waals surface area contributed by atoms with Crippen molar-refractivity contribution in [2.45, 2.75) is 17.1 Å². The summed E-state index contributed by atoms with van der Waals surface area (Å²) in [4.78, 5) is 24.2. The number of carbonyl (C=O) groups excluding carboxylic acids is 2. The molecular weight excluding hydrogens is 350 g/mol. The molecule has 1 fully saturated rings. The average molecular weight is 364 g/mol. The van der Waals surface area contributed by atoms with Crippen LogP contribution in [0.5, 0.6) is 0 Å². The maximum Gasteiger partial charge on any atom is 0.341 e. The lowest BCUT2D eigenvalue weighted by Crippen LogP contribution is -2.27. The molecule has 1 aliphatic heterocycles. The van der Waals surface area contributed by atoms with Gasteiger partial charge in [-0.05, 0) is 24.3 Å². The maximum atomic E-state index is 12.4. The van der Waals surface area contributed by atoms with Crippen LogP contribution in [0.2, 0.25) is 0 Å². The smallest absolute Gasteiger partial charge is 0.332 e. The number of amides is 2. The molecule has 1 aromatic carbocycles. The number of alkyl halides is 2. The highest BCUT2D eigenvalue weighted by Crippen LogP contribution is 2.21. The van der Waals surface area contributed by atoms with Gasteiger partial charge < -0.3 is 10.2 Å². The highest BCUT2D eigenvalue weighted by atomic mass is 32.2. The van der Waals surface area contributed by atoms with Crippen LogP contribution in [-0.4, -0.2) is 49.1 Å². The second-order valence-electron chi connectivity index (χ2n) is 4.73. The first-order chi connectivity index (χ1) is 10.8. The van der Waals surface area contributed by atoms with Crippen molar-refractivity contribution in [3.05, 3.63) is 24.3 Å². The molecule has 0 aliphatic carbocycles. The first kappa shape index (κ1) is 17.7. The summed E-state index contributed by atoms with van der Waals surface area (Å²) < 4.78 is 47.3. The van der Waals surface area contributed by atoms with E-state index in [1.807, 2.05) is 0 Å². The van der Waals surface area contributed by atoms with Gasteiger partial charge in [-0.2, -0.15) is 8.78 Å². The molecule has 0 radical (unpaired) electrons. The number of benzene rings is 1. The van der Waals surface area contributed by atoms with Crippen LogP contribution in [0.15, 0.2) is 29.2 Å². The van der Waals surface area contributed by atoms with Gasteiger partial charge in [0, 0.05) is 31.0 Å². The number of thioether (sulfide) groups is 1. The quantitative estimate of drug-likeness (QED) is 0.836. The molecule has 1 N–H and O–H groups in total. The maximum absolute atomic E-state index is 12.4. The minimum Gasteiger partial charge on any atom is -0.332 e. The Bertz CT molecular complexity index is 692. The minimum atomic E-state index is -4.64. The molecule has 1 aliphatic rings. The van der Waals surface area contributed by atoms with Gasteiger partial charge in [-0.3, -0.25) is 9.59 Å². The predicted molar refractivity (Wildman–Crippen MR) is 82.3 cm³/mol. The molecule has 0 unspecified atom stereocenters. The zero-order valence-corrected chi connectivity index (χ0v) is 13.5. The van der Waals surface area contributed by atoms with Crippen LogP contribution in [0.1, 0.15) is 6.42 Å². The van der Waals surface area contributed by atoms with Gasteiger partial charge in [0.25, 0.3) is 5.24 Å². The number of sulfone groups is 1. The molecule has 23 heavy (non-hydrogen) atoms. The Labute approximate surface area is 136 Å². The fraction of sp³-hybridized carbons (Fsp3) is 0.385. The van der Waals surface area contributed by atoms with Gasteiger partial charge in [-0.25, -0.2) is 8.42 Å². The lowest BCUT2D eigenvalue weighted by Gasteiger charge is -2.14. The van der Waals surface area contributed by atoms with Gasteiger partial charge in [0.05, 0.1) is 4.90 Å². The topological polar surface area (TPSA) is 83.6 Å². The van der Waals surface area contributed by atoms with Crippen LogP contribution in [0.3, 0.4) is 0 Å². The first-order valence-corrected chi connectivity index (χ1v) is 9.17. The van der Waals surface area contributed by atoms with E-state index < -0.39 is 20.5 Å². The van der Waals surface area contributed by atoms with E-state index in [9.17, 15) is 26.8 Å². The third-order valence-electron chi connectivity index (χ3n) is 3.15. The largest absolute Gasteiger partial charge is 0.341 e. The molecule has 126 valence electrons. The van der Waals surface area contributed by atoms with Gasteiger partial charge in [-0.15, -0.1) is 0 Å². The molecular formula is C13H14F2N2O4S2. The third kappa shape index (κ3) is 4.41. The zero-order chi connectivity index (χ0) is 17.0. The second kappa shape index (κ2) is 7.26. The van der Waals surface area contributed by atoms with Gasteiger partial charge in [0.15, 0.2) is 0 Å². The highest BCUT2D eigenvalue weighted by Gasteiger charge is 2.26. The number of hydrogen-bond donors (Lipinski definition) is 1. The molecule has 0 atom stereocenters. The van der Waals surface area contributed by atoms with Crippen LogP contribution in [0.4, 0.5) is 19.3 Å². The van der Waals surface area contributed by atoms with E-state index in [2.05, 4.69) is 5.32 Å². The van der Waals surface area contributed by atoms with E-state index >= 15 is 0 Å². The summed E-state index contributed by atoms with van der Waals surface area (Å²) in [5.74, 6) is -3.13. The molecule has 6 nitrogen and oxygen atoms in total. The normalized spacial score (nSPS) is 15.3.